The van der Waals surface area contributed by atoms with Crippen LogP contribution in [-0.2, 0) is 33.7 Å². The average molecular weight is 608 g/mol. The Morgan fingerprint density at radius 3 is 2.02 bits per heavy atom. The molecule has 1 aliphatic rings. The van der Waals surface area contributed by atoms with E-state index in [1.165, 1.54) is 11.1 Å². The second-order valence-corrected chi connectivity index (χ2v) is 8.75. The lowest BCUT2D eigenvalue weighted by atomic mass is 10.0. The Kier molecular flexibility index (Phi) is 11.6. The van der Waals surface area contributed by atoms with Gasteiger partial charge < -0.3 is 19.8 Å². The van der Waals surface area contributed by atoms with E-state index >= 15 is 0 Å². The molecule has 42 heavy (non-hydrogen) atoms. The van der Waals surface area contributed by atoms with E-state index in [9.17, 15) is 31.1 Å². The normalized spacial score (nSPS) is 13.1. The largest absolute Gasteiger partial charge is 0.490 e. The van der Waals surface area contributed by atoms with Crippen LogP contribution in [0, 0.1) is 6.92 Å². The summed E-state index contributed by atoms with van der Waals surface area (Å²) in [4.78, 5) is 32.6. The van der Waals surface area contributed by atoms with Crippen molar-refractivity contribution in [2.24, 2.45) is 0 Å². The molecule has 0 atom stereocenters. The Hall–Kier alpha value is -4.41. The van der Waals surface area contributed by atoms with Crippen molar-refractivity contribution in [3.8, 4) is 11.3 Å². The Bertz CT molecular complexity index is 1330. The van der Waals surface area contributed by atoms with E-state index in [0.717, 1.165) is 29.8 Å². The highest BCUT2D eigenvalue weighted by atomic mass is 19.4. The molecule has 3 N–H and O–H groups in total. The van der Waals surface area contributed by atoms with Crippen molar-refractivity contribution in [3.05, 3.63) is 59.0 Å². The van der Waals surface area contributed by atoms with Crippen molar-refractivity contribution in [1.82, 2.24) is 24.9 Å². The fourth-order valence-corrected chi connectivity index (χ4v) is 3.58. The summed E-state index contributed by atoms with van der Waals surface area (Å²) in [6.45, 7) is 4.61. The Morgan fingerprint density at radius 2 is 1.50 bits per heavy atom. The van der Waals surface area contributed by atoms with E-state index < -0.39 is 24.3 Å². The number of carbonyl (C=O) groups excluding carboxylic acids is 1. The molecular weight excluding hydrogens is 580 g/mol. The summed E-state index contributed by atoms with van der Waals surface area (Å²) in [5.74, 6) is -5.54. The number of carbonyl (C=O) groups is 3. The number of aliphatic carboxylic acids is 2. The molecule has 1 amide bonds. The van der Waals surface area contributed by atoms with Crippen LogP contribution >= 0.6 is 0 Å². The van der Waals surface area contributed by atoms with Crippen LogP contribution < -0.4 is 0 Å². The molecule has 1 aliphatic heterocycles. The number of ether oxygens (including phenoxy) is 1. The number of benzene rings is 1. The van der Waals surface area contributed by atoms with Crippen LogP contribution in [-0.4, -0.2) is 92.1 Å². The van der Waals surface area contributed by atoms with E-state index in [1.807, 2.05) is 11.1 Å². The molecule has 0 saturated heterocycles. The van der Waals surface area contributed by atoms with Crippen LogP contribution in [0.2, 0.25) is 0 Å². The van der Waals surface area contributed by atoms with Gasteiger partial charge in [0, 0.05) is 49.6 Å². The number of fused-ring (bicyclic) bond motifs is 1. The number of nitrogens with zero attached hydrogens (tertiary/aromatic N) is 4. The molecule has 4 rings (SSSR count). The topological polar surface area (TPSA) is 151 Å². The number of alkyl halides is 6. The highest BCUT2D eigenvalue weighted by molar-refractivity contribution is 5.92. The lowest BCUT2D eigenvalue weighted by Crippen LogP contribution is -2.33. The molecule has 2 aromatic heterocycles. The summed E-state index contributed by atoms with van der Waals surface area (Å²) < 4.78 is 70.3. The number of aromatic amines is 1. The van der Waals surface area contributed by atoms with Gasteiger partial charge in [0.05, 0.1) is 18.8 Å². The minimum absolute atomic E-state index is 0.0221. The van der Waals surface area contributed by atoms with Crippen molar-refractivity contribution in [1.29, 1.82) is 0 Å². The summed E-state index contributed by atoms with van der Waals surface area (Å²) in [5.41, 5.74) is 6.15. The molecule has 1 aromatic carbocycles. The van der Waals surface area contributed by atoms with Crippen molar-refractivity contribution in [2.45, 2.75) is 38.7 Å². The fraction of sp³-hybridized carbons (Fsp3) is 0.400. The van der Waals surface area contributed by atoms with Gasteiger partial charge in [-0.1, -0.05) is 29.8 Å². The summed E-state index contributed by atoms with van der Waals surface area (Å²) in [5, 5.41) is 26.4. The highest BCUT2D eigenvalue weighted by Crippen LogP contribution is 2.27. The zero-order valence-corrected chi connectivity index (χ0v) is 22.3. The quantitative estimate of drug-likeness (QED) is 0.372. The molecular formula is C25H27F6N5O6. The van der Waals surface area contributed by atoms with E-state index in [4.69, 9.17) is 24.5 Å². The Morgan fingerprint density at radius 1 is 0.952 bits per heavy atom. The number of rotatable bonds is 5. The number of H-pyrrole nitrogens is 1. The molecule has 3 heterocycles. The van der Waals surface area contributed by atoms with Gasteiger partial charge in [-0.25, -0.2) is 9.59 Å². The minimum atomic E-state index is -5.08. The minimum Gasteiger partial charge on any atom is -0.475 e. The maximum absolute atomic E-state index is 12.9. The number of halogens is 6. The number of carboxylic acid groups (broad SMARTS) is 2. The Balaban J connectivity index is 0.000000367. The summed E-state index contributed by atoms with van der Waals surface area (Å²) >= 11 is 0. The number of aryl methyl sites for hydroxylation is 1. The van der Waals surface area contributed by atoms with Gasteiger partial charge in [0.25, 0.3) is 5.91 Å². The molecule has 17 heteroatoms. The van der Waals surface area contributed by atoms with Crippen LogP contribution in [0.3, 0.4) is 0 Å². The molecule has 0 bridgehead atoms. The first-order chi connectivity index (χ1) is 19.5. The van der Waals surface area contributed by atoms with Crippen LogP contribution in [0.25, 0.3) is 11.3 Å². The van der Waals surface area contributed by atoms with Crippen molar-refractivity contribution in [3.63, 3.8) is 0 Å². The number of carboxylic acids is 2. The third-order valence-electron chi connectivity index (χ3n) is 5.70. The number of nitrogens with one attached hydrogen (secondary N) is 1. The SMILES string of the molecule is COCCn1ccc(C(=O)N2CCc3[nH]nc(-c4ccc(C)cc4)c3CC2)n1.O=C(O)C(F)(F)F.O=C(O)C(F)(F)F. The molecule has 0 spiro atoms. The van der Waals surface area contributed by atoms with Gasteiger partial charge in [-0.3, -0.25) is 14.6 Å². The van der Waals surface area contributed by atoms with Crippen molar-refractivity contribution >= 4 is 17.8 Å². The van der Waals surface area contributed by atoms with Gasteiger partial charge in [0.2, 0.25) is 0 Å². The van der Waals surface area contributed by atoms with Crippen molar-refractivity contribution < 1.29 is 55.7 Å². The van der Waals surface area contributed by atoms with Gasteiger partial charge in [0.15, 0.2) is 0 Å². The van der Waals surface area contributed by atoms with Crippen molar-refractivity contribution in [2.75, 3.05) is 26.8 Å². The molecule has 0 aliphatic carbocycles. The van der Waals surface area contributed by atoms with Gasteiger partial charge >= 0.3 is 24.3 Å². The predicted molar refractivity (Wildman–Crippen MR) is 134 cm³/mol. The molecule has 0 saturated carbocycles. The number of amides is 1. The first-order valence-electron chi connectivity index (χ1n) is 12.1. The first kappa shape index (κ1) is 33.8. The number of aromatic nitrogens is 4. The van der Waals surface area contributed by atoms with E-state index in [2.05, 4.69) is 46.5 Å². The summed E-state index contributed by atoms with van der Waals surface area (Å²) in [7, 11) is 1.65. The van der Waals surface area contributed by atoms with Gasteiger partial charge in [-0.2, -0.15) is 36.5 Å². The van der Waals surface area contributed by atoms with E-state index in [1.54, 1.807) is 17.9 Å². The number of hydrogen-bond donors (Lipinski definition) is 3. The zero-order valence-electron chi connectivity index (χ0n) is 22.3. The monoisotopic (exact) mass is 607 g/mol. The van der Waals surface area contributed by atoms with Crippen LogP contribution in [0.15, 0.2) is 36.5 Å². The second kappa shape index (κ2) is 14.5. The maximum atomic E-state index is 12.9. The molecule has 230 valence electrons. The first-order valence-corrected chi connectivity index (χ1v) is 12.1. The second-order valence-electron chi connectivity index (χ2n) is 8.75. The van der Waals surface area contributed by atoms with E-state index in [-0.39, 0.29) is 5.91 Å². The molecule has 0 radical (unpaired) electrons. The molecule has 11 nitrogen and oxygen atoms in total. The third kappa shape index (κ3) is 9.90. The summed E-state index contributed by atoms with van der Waals surface area (Å²) in [6, 6.07) is 10.2. The van der Waals surface area contributed by atoms with Gasteiger partial charge in [0.1, 0.15) is 5.69 Å². The maximum Gasteiger partial charge on any atom is 0.490 e. The molecule has 0 fully saturated rings. The smallest absolute Gasteiger partial charge is 0.475 e. The predicted octanol–water partition coefficient (Wildman–Crippen LogP) is 3.74. The zero-order chi connectivity index (χ0) is 31.7. The fourth-order valence-electron chi connectivity index (χ4n) is 3.58. The van der Waals surface area contributed by atoms with Gasteiger partial charge in [-0.15, -0.1) is 0 Å². The van der Waals surface area contributed by atoms with Crippen LogP contribution in [0.1, 0.15) is 27.3 Å². The lowest BCUT2D eigenvalue weighted by Gasteiger charge is -2.19. The molecule has 3 aromatic rings. The van der Waals surface area contributed by atoms with Gasteiger partial charge in [-0.05, 0) is 19.4 Å². The van der Waals surface area contributed by atoms with Crippen LogP contribution in [0.4, 0.5) is 26.3 Å². The van der Waals surface area contributed by atoms with E-state index in [0.29, 0.717) is 31.9 Å². The highest BCUT2D eigenvalue weighted by Gasteiger charge is 2.38. The van der Waals surface area contributed by atoms with Crippen LogP contribution in [0.5, 0.6) is 0 Å². The lowest BCUT2D eigenvalue weighted by molar-refractivity contribution is -0.193. The summed E-state index contributed by atoms with van der Waals surface area (Å²) in [6.07, 6.45) is -6.79. The number of hydrogen-bond acceptors (Lipinski definition) is 6. The molecule has 0 unspecified atom stereocenters. The third-order valence-corrected chi connectivity index (χ3v) is 5.70. The average Bonchev–Trinajstić information content (AvgIpc) is 3.49. The standard InChI is InChI=1S/C21H25N5O2.2C2HF3O2/c1-15-3-5-16(6-4-15)20-17-7-10-25(11-8-18(17)22-23-20)21(27)19-9-12-26(24-19)13-14-28-2;2*3-2(4,5)1(6)7/h3-6,9,12H,7-8,10-11,13-14H2,1-2H3,(H,22,23);2*(H,6,7). The number of methoxy groups -OCH3 is 1. The Labute approximate surface area is 234 Å².